The molecule has 3 aromatic carbocycles. The number of rotatable bonds is 3. The van der Waals surface area contributed by atoms with Crippen LogP contribution in [0.3, 0.4) is 0 Å². The second-order valence-electron chi connectivity index (χ2n) is 6.51. The number of nitrogens with zero attached hydrogens (tertiary/aromatic N) is 1. The number of hydrogen-bond acceptors (Lipinski definition) is 2. The third kappa shape index (κ3) is 3.22. The molecule has 0 bridgehead atoms. The Morgan fingerprint density at radius 2 is 1.72 bits per heavy atom. The number of halogens is 1. The summed E-state index contributed by atoms with van der Waals surface area (Å²) < 4.78 is 13.3. The first kappa shape index (κ1) is 15.7. The fourth-order valence-electron chi connectivity index (χ4n) is 3.70. The minimum Gasteiger partial charge on any atom is -0.508 e. The molecule has 1 N–H and O–H groups in total. The van der Waals surface area contributed by atoms with Gasteiger partial charge in [-0.05, 0) is 65.9 Å². The SMILES string of the molecule is Oc1ccc2c(c1)CCN(c1ccc(F)cc1)C2Cc1ccccc1. The minimum absolute atomic E-state index is 0.164. The average molecular weight is 333 g/mol. The monoisotopic (exact) mass is 333 g/mol. The van der Waals surface area contributed by atoms with Crippen LogP contribution >= 0.6 is 0 Å². The molecule has 1 atom stereocenters. The van der Waals surface area contributed by atoms with Gasteiger partial charge < -0.3 is 10.0 Å². The van der Waals surface area contributed by atoms with E-state index < -0.39 is 0 Å². The molecule has 0 amide bonds. The summed E-state index contributed by atoms with van der Waals surface area (Å²) in [6, 6.07) is 22.9. The highest BCUT2D eigenvalue weighted by molar-refractivity contribution is 5.53. The molecule has 1 aliphatic heterocycles. The largest absolute Gasteiger partial charge is 0.508 e. The van der Waals surface area contributed by atoms with Gasteiger partial charge in [0.25, 0.3) is 0 Å². The van der Waals surface area contributed by atoms with Crippen molar-refractivity contribution < 1.29 is 9.50 Å². The molecular weight excluding hydrogens is 313 g/mol. The van der Waals surface area contributed by atoms with Crippen LogP contribution in [0.1, 0.15) is 22.7 Å². The molecule has 0 aliphatic carbocycles. The van der Waals surface area contributed by atoms with Crippen molar-refractivity contribution in [2.24, 2.45) is 0 Å². The van der Waals surface area contributed by atoms with E-state index in [0.29, 0.717) is 5.75 Å². The second-order valence-corrected chi connectivity index (χ2v) is 6.51. The van der Waals surface area contributed by atoms with E-state index in [0.717, 1.165) is 25.1 Å². The number of phenolic OH excluding ortho intramolecular Hbond substituents is 1. The number of fused-ring (bicyclic) bond motifs is 1. The van der Waals surface area contributed by atoms with E-state index >= 15 is 0 Å². The standard InChI is InChI=1S/C22H20FNO/c23-18-6-8-19(9-7-18)24-13-12-17-15-20(25)10-11-21(17)22(24)14-16-4-2-1-3-5-16/h1-11,15,22,25H,12-14H2. The lowest BCUT2D eigenvalue weighted by atomic mass is 9.88. The van der Waals surface area contributed by atoms with E-state index in [1.165, 1.54) is 28.8 Å². The van der Waals surface area contributed by atoms with Crippen LogP contribution < -0.4 is 4.90 Å². The third-order valence-electron chi connectivity index (χ3n) is 4.91. The molecule has 0 saturated carbocycles. The maximum absolute atomic E-state index is 13.3. The van der Waals surface area contributed by atoms with Gasteiger partial charge in [-0.3, -0.25) is 0 Å². The highest BCUT2D eigenvalue weighted by Crippen LogP contribution is 2.37. The predicted octanol–water partition coefficient (Wildman–Crippen LogP) is 4.88. The molecule has 126 valence electrons. The molecule has 3 aromatic rings. The van der Waals surface area contributed by atoms with Crippen LogP contribution in [0.15, 0.2) is 72.8 Å². The Hall–Kier alpha value is -2.81. The zero-order valence-corrected chi connectivity index (χ0v) is 13.9. The van der Waals surface area contributed by atoms with Crippen molar-refractivity contribution in [3.8, 4) is 5.75 Å². The molecule has 0 aromatic heterocycles. The first-order valence-corrected chi connectivity index (χ1v) is 8.58. The van der Waals surface area contributed by atoms with Gasteiger partial charge in [-0.2, -0.15) is 0 Å². The number of aromatic hydroxyl groups is 1. The Morgan fingerprint density at radius 1 is 0.960 bits per heavy atom. The van der Waals surface area contributed by atoms with Crippen LogP contribution in [0.25, 0.3) is 0 Å². The van der Waals surface area contributed by atoms with E-state index in [2.05, 4.69) is 29.2 Å². The van der Waals surface area contributed by atoms with E-state index in [1.54, 1.807) is 6.07 Å². The summed E-state index contributed by atoms with van der Waals surface area (Å²) in [5.74, 6) is 0.0955. The fourth-order valence-corrected chi connectivity index (χ4v) is 3.70. The van der Waals surface area contributed by atoms with Crippen molar-refractivity contribution >= 4 is 5.69 Å². The molecular formula is C22H20FNO. The summed E-state index contributed by atoms with van der Waals surface area (Å²) in [4.78, 5) is 2.34. The normalized spacial score (nSPS) is 16.5. The van der Waals surface area contributed by atoms with Crippen molar-refractivity contribution in [2.75, 3.05) is 11.4 Å². The summed E-state index contributed by atoms with van der Waals surface area (Å²) >= 11 is 0. The molecule has 1 aliphatic rings. The van der Waals surface area contributed by atoms with Crippen LogP contribution in [0.2, 0.25) is 0 Å². The van der Waals surface area contributed by atoms with Gasteiger partial charge in [0.2, 0.25) is 0 Å². The van der Waals surface area contributed by atoms with Crippen molar-refractivity contribution in [1.82, 2.24) is 0 Å². The quantitative estimate of drug-likeness (QED) is 0.738. The minimum atomic E-state index is -0.217. The van der Waals surface area contributed by atoms with E-state index in [4.69, 9.17) is 0 Å². The molecule has 1 unspecified atom stereocenters. The van der Waals surface area contributed by atoms with Crippen LogP contribution in [0.5, 0.6) is 5.75 Å². The number of phenols is 1. The van der Waals surface area contributed by atoms with Crippen molar-refractivity contribution in [1.29, 1.82) is 0 Å². The zero-order chi connectivity index (χ0) is 17.2. The lowest BCUT2D eigenvalue weighted by Gasteiger charge is -2.39. The molecule has 2 nitrogen and oxygen atoms in total. The first-order chi connectivity index (χ1) is 12.2. The van der Waals surface area contributed by atoms with Gasteiger partial charge in [-0.25, -0.2) is 4.39 Å². The number of benzene rings is 3. The molecule has 0 spiro atoms. The van der Waals surface area contributed by atoms with Crippen LogP contribution in [0, 0.1) is 5.82 Å². The summed E-state index contributed by atoms with van der Waals surface area (Å²) in [5, 5.41) is 9.82. The molecule has 1 heterocycles. The highest BCUT2D eigenvalue weighted by Gasteiger charge is 2.28. The summed E-state index contributed by atoms with van der Waals surface area (Å²) in [6.45, 7) is 0.847. The lowest BCUT2D eigenvalue weighted by molar-refractivity contribution is 0.472. The van der Waals surface area contributed by atoms with Crippen LogP contribution in [-0.2, 0) is 12.8 Å². The van der Waals surface area contributed by atoms with Gasteiger partial charge in [0.1, 0.15) is 11.6 Å². The van der Waals surface area contributed by atoms with Crippen molar-refractivity contribution in [2.45, 2.75) is 18.9 Å². The smallest absolute Gasteiger partial charge is 0.123 e. The zero-order valence-electron chi connectivity index (χ0n) is 13.9. The van der Waals surface area contributed by atoms with Crippen LogP contribution in [0.4, 0.5) is 10.1 Å². The molecule has 25 heavy (non-hydrogen) atoms. The van der Waals surface area contributed by atoms with E-state index in [1.807, 2.05) is 30.3 Å². The van der Waals surface area contributed by atoms with Gasteiger partial charge in [0.05, 0.1) is 6.04 Å². The Kier molecular flexibility index (Phi) is 4.14. The third-order valence-corrected chi connectivity index (χ3v) is 4.91. The Morgan fingerprint density at radius 3 is 2.48 bits per heavy atom. The van der Waals surface area contributed by atoms with Crippen LogP contribution in [-0.4, -0.2) is 11.7 Å². The van der Waals surface area contributed by atoms with Gasteiger partial charge >= 0.3 is 0 Å². The maximum Gasteiger partial charge on any atom is 0.123 e. The highest BCUT2D eigenvalue weighted by atomic mass is 19.1. The van der Waals surface area contributed by atoms with Crippen molar-refractivity contribution in [3.05, 3.63) is 95.3 Å². The summed E-state index contributed by atoms with van der Waals surface area (Å²) in [6.07, 6.45) is 1.74. The molecule has 0 saturated heterocycles. The number of anilines is 1. The Bertz CT molecular complexity index is 861. The lowest BCUT2D eigenvalue weighted by Crippen LogP contribution is -2.36. The Labute approximate surface area is 147 Å². The van der Waals surface area contributed by atoms with Gasteiger partial charge in [0, 0.05) is 12.2 Å². The van der Waals surface area contributed by atoms with E-state index in [9.17, 15) is 9.50 Å². The van der Waals surface area contributed by atoms with Crippen molar-refractivity contribution in [3.63, 3.8) is 0 Å². The predicted molar refractivity (Wildman–Crippen MR) is 98.4 cm³/mol. The Balaban J connectivity index is 1.75. The average Bonchev–Trinajstić information content (AvgIpc) is 2.63. The molecule has 0 radical (unpaired) electrons. The molecule has 3 heteroatoms. The first-order valence-electron chi connectivity index (χ1n) is 8.58. The molecule has 4 rings (SSSR count). The fraction of sp³-hybridized carbons (Fsp3) is 0.182. The van der Waals surface area contributed by atoms with Gasteiger partial charge in [-0.1, -0.05) is 36.4 Å². The van der Waals surface area contributed by atoms with Gasteiger partial charge in [-0.15, -0.1) is 0 Å². The maximum atomic E-state index is 13.3. The second kappa shape index (κ2) is 6.60. The van der Waals surface area contributed by atoms with Gasteiger partial charge in [0.15, 0.2) is 0 Å². The van der Waals surface area contributed by atoms with E-state index in [-0.39, 0.29) is 11.9 Å². The summed E-state index contributed by atoms with van der Waals surface area (Å²) in [5.41, 5.74) is 4.72. The summed E-state index contributed by atoms with van der Waals surface area (Å²) in [7, 11) is 0. The topological polar surface area (TPSA) is 23.5 Å². The molecule has 0 fully saturated rings. The number of hydrogen-bond donors (Lipinski definition) is 1.